The van der Waals surface area contributed by atoms with Gasteiger partial charge < -0.3 is 4.74 Å². The summed E-state index contributed by atoms with van der Waals surface area (Å²) in [5.41, 5.74) is 2.68. The van der Waals surface area contributed by atoms with Gasteiger partial charge in [-0.05, 0) is 79.5 Å². The van der Waals surface area contributed by atoms with Gasteiger partial charge in [-0.3, -0.25) is 4.79 Å². The Bertz CT molecular complexity index is 653. The Balaban J connectivity index is 1.67. The van der Waals surface area contributed by atoms with Crippen LogP contribution in [0.1, 0.15) is 69.4 Å². The molecule has 0 amide bonds. The molecular weight excluding hydrogens is 303 g/mol. The number of rotatable bonds is 2. The molecule has 1 aromatic carbocycles. The molecular formula is C21H27FO2. The predicted octanol–water partition coefficient (Wildman–Crippen LogP) is 5.20. The Morgan fingerprint density at radius 3 is 2.88 bits per heavy atom. The lowest BCUT2D eigenvalue weighted by atomic mass is 9.58. The summed E-state index contributed by atoms with van der Waals surface area (Å²) in [6.07, 6.45) is 6.11. The number of hydrogen-bond donors (Lipinski definition) is 0. The van der Waals surface area contributed by atoms with Crippen LogP contribution in [0.4, 0.5) is 4.39 Å². The van der Waals surface area contributed by atoms with Crippen LogP contribution >= 0.6 is 0 Å². The van der Waals surface area contributed by atoms with E-state index in [9.17, 15) is 9.18 Å². The number of halogens is 1. The van der Waals surface area contributed by atoms with Gasteiger partial charge in [0.1, 0.15) is 11.5 Å². The fourth-order valence-electron chi connectivity index (χ4n) is 5.80. The number of fused-ring (bicyclic) bond motifs is 5. The molecule has 0 aliphatic heterocycles. The Kier molecular flexibility index (Phi) is 3.93. The summed E-state index contributed by atoms with van der Waals surface area (Å²) in [6.45, 7) is 3.63. The molecule has 3 aliphatic rings. The molecule has 2 saturated carbocycles. The van der Waals surface area contributed by atoms with Gasteiger partial charge in [-0.15, -0.1) is 0 Å². The number of carbonyl (C=O) groups is 1. The minimum Gasteiger partial charge on any atom is -0.461 e. The summed E-state index contributed by atoms with van der Waals surface area (Å²) < 4.78 is 18.4. The van der Waals surface area contributed by atoms with Crippen molar-refractivity contribution in [1.29, 1.82) is 0 Å². The molecule has 0 radical (unpaired) electrons. The molecule has 0 saturated heterocycles. The smallest absolute Gasteiger partial charge is 0.235 e. The number of Topliss-reactive ketones (excluding diaryl/α,β-unsaturated/α-hetero) is 1. The summed E-state index contributed by atoms with van der Waals surface area (Å²) >= 11 is 0. The molecule has 0 bridgehead atoms. The van der Waals surface area contributed by atoms with Crippen molar-refractivity contribution >= 4 is 5.78 Å². The molecule has 3 heteroatoms. The number of carbonyl (C=O) groups excluding carboxylic acids is 1. The fraction of sp³-hybridized carbons (Fsp3) is 0.667. The van der Waals surface area contributed by atoms with Crippen molar-refractivity contribution in [1.82, 2.24) is 0 Å². The highest BCUT2D eigenvalue weighted by Crippen LogP contribution is 2.59. The zero-order valence-corrected chi connectivity index (χ0v) is 14.7. The third-order valence-electron chi connectivity index (χ3n) is 6.94. The molecule has 0 N–H and O–H groups in total. The summed E-state index contributed by atoms with van der Waals surface area (Å²) in [5, 5.41) is 0. The lowest BCUT2D eigenvalue weighted by Gasteiger charge is -2.45. The Labute approximate surface area is 143 Å². The molecule has 130 valence electrons. The summed E-state index contributed by atoms with van der Waals surface area (Å²) in [6, 6.07) is 6.13. The molecule has 0 heterocycles. The molecule has 1 aromatic rings. The molecule has 4 rings (SSSR count). The Morgan fingerprint density at radius 1 is 1.25 bits per heavy atom. The van der Waals surface area contributed by atoms with Crippen LogP contribution in [0.2, 0.25) is 0 Å². The number of hydrogen-bond acceptors (Lipinski definition) is 2. The monoisotopic (exact) mass is 330 g/mol. The molecule has 0 spiro atoms. The highest BCUT2D eigenvalue weighted by Gasteiger charge is 2.54. The van der Waals surface area contributed by atoms with Crippen molar-refractivity contribution in [2.24, 2.45) is 17.3 Å². The Morgan fingerprint density at radius 2 is 2.08 bits per heavy atom. The van der Waals surface area contributed by atoms with Crippen LogP contribution in [0.5, 0.6) is 5.75 Å². The number of alkyl halides is 1. The van der Waals surface area contributed by atoms with E-state index in [0.717, 1.165) is 38.5 Å². The van der Waals surface area contributed by atoms with Crippen LogP contribution in [-0.2, 0) is 11.2 Å². The van der Waals surface area contributed by atoms with Gasteiger partial charge in [0.15, 0.2) is 0 Å². The van der Waals surface area contributed by atoms with Gasteiger partial charge in [0, 0.05) is 18.8 Å². The van der Waals surface area contributed by atoms with Gasteiger partial charge in [0.25, 0.3) is 0 Å². The molecule has 24 heavy (non-hydrogen) atoms. The quantitative estimate of drug-likeness (QED) is 0.745. The van der Waals surface area contributed by atoms with Gasteiger partial charge in [0.05, 0.1) is 0 Å². The van der Waals surface area contributed by atoms with Crippen LogP contribution in [0.3, 0.4) is 0 Å². The summed E-state index contributed by atoms with van der Waals surface area (Å²) in [4.78, 5) is 12.4. The maximum absolute atomic E-state index is 13.1. The van der Waals surface area contributed by atoms with Gasteiger partial charge in [-0.2, -0.15) is 0 Å². The predicted molar refractivity (Wildman–Crippen MR) is 91.9 cm³/mol. The van der Waals surface area contributed by atoms with Crippen molar-refractivity contribution in [3.8, 4) is 5.75 Å². The fourth-order valence-corrected chi connectivity index (χ4v) is 5.80. The maximum atomic E-state index is 13.1. The average molecular weight is 330 g/mol. The number of benzene rings is 1. The van der Waals surface area contributed by atoms with Crippen LogP contribution in [-0.4, -0.2) is 12.1 Å². The second-order valence-electron chi connectivity index (χ2n) is 8.21. The average Bonchev–Trinajstić information content (AvgIpc) is 2.73. The zero-order valence-electron chi connectivity index (χ0n) is 14.7. The van der Waals surface area contributed by atoms with E-state index in [-0.39, 0.29) is 5.41 Å². The number of ketones is 1. The van der Waals surface area contributed by atoms with E-state index in [4.69, 9.17) is 4.74 Å². The van der Waals surface area contributed by atoms with Crippen molar-refractivity contribution in [3.63, 3.8) is 0 Å². The maximum Gasteiger partial charge on any atom is 0.235 e. The van der Waals surface area contributed by atoms with Crippen molar-refractivity contribution in [3.05, 3.63) is 29.3 Å². The summed E-state index contributed by atoms with van der Waals surface area (Å²) in [5.74, 6) is 2.87. The molecule has 1 unspecified atom stereocenters. The largest absolute Gasteiger partial charge is 0.461 e. The van der Waals surface area contributed by atoms with E-state index in [0.29, 0.717) is 29.3 Å². The van der Waals surface area contributed by atoms with E-state index in [1.165, 1.54) is 24.5 Å². The SMILES string of the molecule is CC(F)Oc1ccc2c(c1)CCC[C@H]1[C@@H]2CC[C@]2(C)C(=O)CC[C@@H]12. The first-order valence-electron chi connectivity index (χ1n) is 9.46. The molecule has 2 nitrogen and oxygen atoms in total. The van der Waals surface area contributed by atoms with Crippen LogP contribution < -0.4 is 4.74 Å². The van der Waals surface area contributed by atoms with Crippen molar-refractivity contribution in [2.45, 2.75) is 71.1 Å². The van der Waals surface area contributed by atoms with E-state index in [1.54, 1.807) is 0 Å². The molecule has 2 fully saturated rings. The number of aryl methyl sites for hydroxylation is 1. The molecule has 0 aromatic heterocycles. The van der Waals surface area contributed by atoms with Crippen molar-refractivity contribution in [2.75, 3.05) is 0 Å². The van der Waals surface area contributed by atoms with Crippen LogP contribution in [0.25, 0.3) is 0 Å². The summed E-state index contributed by atoms with van der Waals surface area (Å²) in [7, 11) is 0. The van der Waals surface area contributed by atoms with Crippen molar-refractivity contribution < 1.29 is 13.9 Å². The van der Waals surface area contributed by atoms with E-state index >= 15 is 0 Å². The third kappa shape index (κ3) is 2.48. The van der Waals surface area contributed by atoms with Crippen LogP contribution in [0.15, 0.2) is 18.2 Å². The zero-order chi connectivity index (χ0) is 16.9. The minimum absolute atomic E-state index is 0.0711. The van der Waals surface area contributed by atoms with E-state index in [1.807, 2.05) is 12.1 Å². The number of ether oxygens (including phenoxy) is 1. The van der Waals surface area contributed by atoms with Gasteiger partial charge >= 0.3 is 0 Å². The lowest BCUT2D eigenvalue weighted by molar-refractivity contribution is -0.129. The second-order valence-corrected chi connectivity index (χ2v) is 8.21. The van der Waals surface area contributed by atoms with Gasteiger partial charge in [0.2, 0.25) is 6.36 Å². The first kappa shape index (κ1) is 16.1. The highest BCUT2D eigenvalue weighted by molar-refractivity contribution is 5.87. The topological polar surface area (TPSA) is 26.3 Å². The first-order chi connectivity index (χ1) is 11.5. The lowest BCUT2D eigenvalue weighted by Crippen LogP contribution is -2.40. The van der Waals surface area contributed by atoms with Crippen LogP contribution in [0, 0.1) is 17.3 Å². The van der Waals surface area contributed by atoms with Gasteiger partial charge in [-0.1, -0.05) is 13.0 Å². The van der Waals surface area contributed by atoms with Gasteiger partial charge in [-0.25, -0.2) is 4.39 Å². The van der Waals surface area contributed by atoms with E-state index < -0.39 is 6.36 Å². The second kappa shape index (κ2) is 5.86. The first-order valence-corrected chi connectivity index (χ1v) is 9.46. The highest BCUT2D eigenvalue weighted by atomic mass is 19.1. The Hall–Kier alpha value is -1.38. The molecule has 5 atom stereocenters. The standard InChI is InChI=1S/C21H27FO2/c1-13(22)24-15-6-7-16-14(12-15)4-3-5-18-17(16)10-11-21(2)19(18)8-9-20(21)23/h6-7,12-13,17-19H,3-5,8-11H2,1-2H3/t13?,17-,18+,19+,21+/m1/s1. The minimum atomic E-state index is -1.28. The third-order valence-corrected chi connectivity index (χ3v) is 6.94. The van der Waals surface area contributed by atoms with E-state index in [2.05, 4.69) is 13.0 Å². The normalized spacial score (nSPS) is 36.3. The molecule has 3 aliphatic carbocycles.